The summed E-state index contributed by atoms with van der Waals surface area (Å²) in [5.41, 5.74) is 12.3. The Morgan fingerprint density at radius 1 is 0.714 bits per heavy atom. The first kappa shape index (κ1) is 19.8. The minimum atomic E-state index is -0.509. The van der Waals surface area contributed by atoms with Crippen molar-refractivity contribution in [1.29, 1.82) is 0 Å². The van der Waals surface area contributed by atoms with E-state index in [9.17, 15) is 20.2 Å². The number of nitro groups is 2. The van der Waals surface area contributed by atoms with Crippen molar-refractivity contribution in [2.24, 2.45) is 31.9 Å². The van der Waals surface area contributed by atoms with Gasteiger partial charge < -0.3 is 11.5 Å². The lowest BCUT2D eigenvalue weighted by Crippen LogP contribution is -2.30. The Kier molecular flexibility index (Phi) is 6.58. The number of non-ortho nitro benzene ring substituents is 2. The molecule has 142 valence electrons. The maximum absolute atomic E-state index is 10.6. The van der Waals surface area contributed by atoms with Crippen molar-refractivity contribution in [1.82, 2.24) is 0 Å². The summed E-state index contributed by atoms with van der Waals surface area (Å²) in [6.45, 7) is 0. The highest BCUT2D eigenvalue weighted by Crippen LogP contribution is 2.11. The highest BCUT2D eigenvalue weighted by Gasteiger charge is 2.03. The van der Waals surface area contributed by atoms with Crippen molar-refractivity contribution >= 4 is 35.5 Å². The topological polar surface area (TPSA) is 188 Å². The van der Waals surface area contributed by atoms with Crippen molar-refractivity contribution in [3.63, 3.8) is 0 Å². The quantitative estimate of drug-likeness (QED) is 0.330. The summed E-state index contributed by atoms with van der Waals surface area (Å²) in [6.07, 6.45) is 2.67. The first-order valence-corrected chi connectivity index (χ1v) is 7.59. The van der Waals surface area contributed by atoms with Gasteiger partial charge in [0.2, 0.25) is 0 Å². The molecular formula is C16H14N8O4. The second kappa shape index (κ2) is 9.28. The summed E-state index contributed by atoms with van der Waals surface area (Å²) >= 11 is 0. The van der Waals surface area contributed by atoms with Gasteiger partial charge in [0, 0.05) is 24.3 Å². The van der Waals surface area contributed by atoms with Crippen molar-refractivity contribution in [2.45, 2.75) is 0 Å². The molecule has 2 rings (SSSR count). The minimum absolute atomic E-state index is 0.0394. The van der Waals surface area contributed by atoms with Crippen LogP contribution in [0.1, 0.15) is 11.1 Å². The van der Waals surface area contributed by atoms with Crippen molar-refractivity contribution in [2.75, 3.05) is 0 Å². The zero-order chi connectivity index (χ0) is 20.5. The minimum Gasteiger partial charge on any atom is -0.379 e. The van der Waals surface area contributed by atoms with Crippen LogP contribution in [0.5, 0.6) is 0 Å². The standard InChI is InChI=1S/C16H14N8O4/c17-15(21-19-9-11-1-5-13(6-2-11)23(25)26)16(18)22-20-10-12-3-7-14(8-4-12)24(27)28/h1-10H,(H2,17,21)(H2,18,22)/b19-9+,20-10+. The average molecular weight is 382 g/mol. The molecule has 28 heavy (non-hydrogen) atoms. The Hall–Kier alpha value is -4.48. The van der Waals surface area contributed by atoms with Crippen molar-refractivity contribution in [3.8, 4) is 0 Å². The molecule has 0 atom stereocenters. The largest absolute Gasteiger partial charge is 0.379 e. The van der Waals surface area contributed by atoms with Crippen LogP contribution in [0.3, 0.4) is 0 Å². The number of amidine groups is 2. The molecular weight excluding hydrogens is 368 g/mol. The molecule has 0 unspecified atom stereocenters. The van der Waals surface area contributed by atoms with Crippen LogP contribution in [0.15, 0.2) is 68.9 Å². The number of benzene rings is 2. The summed E-state index contributed by atoms with van der Waals surface area (Å²) in [4.78, 5) is 20.1. The molecule has 12 nitrogen and oxygen atoms in total. The molecule has 0 heterocycles. The van der Waals surface area contributed by atoms with Crippen molar-refractivity contribution in [3.05, 3.63) is 79.9 Å². The van der Waals surface area contributed by atoms with Gasteiger partial charge in [-0.2, -0.15) is 10.2 Å². The second-order valence-corrected chi connectivity index (χ2v) is 5.16. The summed E-state index contributed by atoms with van der Waals surface area (Å²) in [7, 11) is 0. The molecule has 12 heteroatoms. The molecule has 0 aliphatic rings. The Labute approximate surface area is 157 Å². The summed E-state index contributed by atoms with van der Waals surface area (Å²) in [6, 6.07) is 11.3. The average Bonchev–Trinajstić information content (AvgIpc) is 2.68. The smallest absolute Gasteiger partial charge is 0.269 e. The Bertz CT molecular complexity index is 897. The number of hydrogen-bond acceptors (Lipinski definition) is 8. The Morgan fingerprint density at radius 3 is 1.32 bits per heavy atom. The lowest BCUT2D eigenvalue weighted by molar-refractivity contribution is -0.385. The molecule has 4 N–H and O–H groups in total. The number of nitrogens with two attached hydrogens (primary N) is 2. The van der Waals surface area contributed by atoms with Gasteiger partial charge in [-0.05, 0) is 35.4 Å². The van der Waals surface area contributed by atoms with Gasteiger partial charge in [-0.3, -0.25) is 20.2 Å². The van der Waals surface area contributed by atoms with E-state index < -0.39 is 9.85 Å². The van der Waals surface area contributed by atoms with E-state index in [4.69, 9.17) is 11.5 Å². The van der Waals surface area contributed by atoms with Crippen LogP contribution in [0, 0.1) is 20.2 Å². The van der Waals surface area contributed by atoms with Gasteiger partial charge >= 0.3 is 0 Å². The second-order valence-electron chi connectivity index (χ2n) is 5.16. The van der Waals surface area contributed by atoms with E-state index in [1.807, 2.05) is 0 Å². The molecule has 0 bridgehead atoms. The first-order valence-electron chi connectivity index (χ1n) is 7.59. The Balaban J connectivity index is 1.98. The molecule has 0 spiro atoms. The monoisotopic (exact) mass is 382 g/mol. The predicted octanol–water partition coefficient (Wildman–Crippen LogP) is 1.59. The van der Waals surface area contributed by atoms with E-state index >= 15 is 0 Å². The molecule has 2 aromatic rings. The third kappa shape index (κ3) is 5.80. The fraction of sp³-hybridized carbons (Fsp3) is 0. The zero-order valence-electron chi connectivity index (χ0n) is 14.2. The summed E-state index contributed by atoms with van der Waals surface area (Å²) < 4.78 is 0. The predicted molar refractivity (Wildman–Crippen MR) is 105 cm³/mol. The third-order valence-corrected chi connectivity index (χ3v) is 3.21. The normalized spacial score (nSPS) is 12.6. The molecule has 0 radical (unpaired) electrons. The van der Waals surface area contributed by atoms with E-state index in [0.717, 1.165) is 0 Å². The van der Waals surface area contributed by atoms with Crippen LogP contribution in [-0.4, -0.2) is 33.9 Å². The van der Waals surface area contributed by atoms with Crippen LogP contribution in [0.2, 0.25) is 0 Å². The molecule has 0 saturated heterocycles. The molecule has 0 aliphatic carbocycles. The molecule has 0 amide bonds. The maximum Gasteiger partial charge on any atom is 0.269 e. The fourth-order valence-electron chi connectivity index (χ4n) is 1.78. The van der Waals surface area contributed by atoms with E-state index in [-0.39, 0.29) is 23.0 Å². The lowest BCUT2D eigenvalue weighted by atomic mass is 10.2. The van der Waals surface area contributed by atoms with E-state index in [1.54, 1.807) is 0 Å². The van der Waals surface area contributed by atoms with Gasteiger partial charge in [-0.25, -0.2) is 0 Å². The van der Waals surface area contributed by atoms with Gasteiger partial charge in [0.1, 0.15) is 0 Å². The SMILES string of the molecule is NC(=N/N=C/c1ccc([N+](=O)[O-])cc1)C(N)=N/N=C/c1ccc([N+](=O)[O-])cc1. The molecule has 0 fully saturated rings. The molecule has 0 saturated carbocycles. The zero-order valence-corrected chi connectivity index (χ0v) is 14.2. The van der Waals surface area contributed by atoms with Gasteiger partial charge in [0.15, 0.2) is 11.7 Å². The van der Waals surface area contributed by atoms with Crippen LogP contribution in [-0.2, 0) is 0 Å². The van der Waals surface area contributed by atoms with Gasteiger partial charge in [-0.15, -0.1) is 10.2 Å². The third-order valence-electron chi connectivity index (χ3n) is 3.21. The molecule has 2 aromatic carbocycles. The Morgan fingerprint density at radius 2 is 1.04 bits per heavy atom. The van der Waals surface area contributed by atoms with Crippen molar-refractivity contribution < 1.29 is 9.85 Å². The van der Waals surface area contributed by atoms with E-state index in [2.05, 4.69) is 20.4 Å². The number of nitro benzene ring substituents is 2. The van der Waals surface area contributed by atoms with Crippen LogP contribution in [0.4, 0.5) is 11.4 Å². The number of hydrogen-bond donors (Lipinski definition) is 2. The first-order chi connectivity index (χ1) is 13.4. The molecule has 0 aromatic heterocycles. The highest BCUT2D eigenvalue weighted by atomic mass is 16.6. The lowest BCUT2D eigenvalue weighted by Gasteiger charge is -1.95. The summed E-state index contributed by atoms with van der Waals surface area (Å²) in [5, 5.41) is 35.9. The van der Waals surface area contributed by atoms with Crippen LogP contribution < -0.4 is 11.5 Å². The van der Waals surface area contributed by atoms with E-state index in [1.165, 1.54) is 61.0 Å². The van der Waals surface area contributed by atoms with Gasteiger partial charge in [-0.1, -0.05) is 0 Å². The number of rotatable bonds is 6. The van der Waals surface area contributed by atoms with Gasteiger partial charge in [0.05, 0.1) is 22.3 Å². The fourth-order valence-corrected chi connectivity index (χ4v) is 1.78. The molecule has 0 aliphatic heterocycles. The van der Waals surface area contributed by atoms with Gasteiger partial charge in [0.25, 0.3) is 11.4 Å². The summed E-state index contributed by atoms with van der Waals surface area (Å²) in [5.74, 6) is -0.363. The maximum atomic E-state index is 10.6. The van der Waals surface area contributed by atoms with E-state index in [0.29, 0.717) is 11.1 Å². The van der Waals surface area contributed by atoms with Crippen LogP contribution in [0.25, 0.3) is 0 Å². The number of nitrogens with zero attached hydrogens (tertiary/aromatic N) is 6. The van der Waals surface area contributed by atoms with Crippen LogP contribution >= 0.6 is 0 Å². The highest BCUT2D eigenvalue weighted by molar-refractivity contribution is 6.39.